The van der Waals surface area contributed by atoms with Gasteiger partial charge in [-0.1, -0.05) is 32.1 Å². The Morgan fingerprint density at radius 1 is 1.00 bits per heavy atom. The second-order valence-corrected chi connectivity index (χ2v) is 5.46. The number of unbranched alkanes of at least 4 members (excludes halogenated alkanes) is 6. The normalized spacial score (nSPS) is 11.8. The van der Waals surface area contributed by atoms with Crippen LogP contribution in [-0.4, -0.2) is 16.6 Å². The molecule has 0 fully saturated rings. The molecule has 1 aromatic rings. The van der Waals surface area contributed by atoms with Gasteiger partial charge in [-0.3, -0.25) is 4.98 Å². The van der Waals surface area contributed by atoms with Crippen molar-refractivity contribution < 1.29 is 5.11 Å². The molecule has 0 aromatic carbocycles. The third kappa shape index (κ3) is 8.97. The minimum atomic E-state index is 0.0249. The van der Waals surface area contributed by atoms with E-state index in [0.717, 1.165) is 24.2 Å². The molecule has 0 aliphatic heterocycles. The van der Waals surface area contributed by atoms with Gasteiger partial charge >= 0.3 is 0 Å². The smallest absolute Gasteiger partial charge is 0.0629 e. The molecule has 0 unspecified atom stereocenters. The lowest BCUT2D eigenvalue weighted by Gasteiger charge is -2.10. The summed E-state index contributed by atoms with van der Waals surface area (Å²) < 4.78 is 0. The summed E-state index contributed by atoms with van der Waals surface area (Å²) in [6.07, 6.45) is 12.4. The standard InChI is InChI=1S/C16H26N2OS/c19-16(18-14-15-9-11-17-12-10-15)8-6-4-2-1-3-5-7-13-20/h9-12,20H,1-8,13-14H2,(H,18,19)/p-1. The van der Waals surface area contributed by atoms with Crippen LogP contribution < -0.4 is 5.11 Å². The predicted octanol–water partition coefficient (Wildman–Crippen LogP) is 3.39. The Kier molecular flexibility index (Phi) is 10.0. The van der Waals surface area contributed by atoms with Crippen molar-refractivity contribution in [2.24, 2.45) is 4.99 Å². The molecule has 20 heavy (non-hydrogen) atoms. The zero-order chi connectivity index (χ0) is 14.5. The summed E-state index contributed by atoms with van der Waals surface area (Å²) in [4.78, 5) is 8.02. The van der Waals surface area contributed by atoms with Crippen LogP contribution in [0.15, 0.2) is 29.5 Å². The molecule has 0 spiro atoms. The summed E-state index contributed by atoms with van der Waals surface area (Å²) in [5.74, 6) is 1.02. The average Bonchev–Trinajstić information content (AvgIpc) is 2.49. The van der Waals surface area contributed by atoms with E-state index < -0.39 is 0 Å². The van der Waals surface area contributed by atoms with Gasteiger partial charge in [0.2, 0.25) is 0 Å². The SMILES string of the molecule is [O-]C(CCCCCCCCCS)=NCc1ccncc1. The molecular weight excluding hydrogens is 268 g/mol. The number of nitrogens with zero attached hydrogens (tertiary/aromatic N) is 2. The molecule has 4 heteroatoms. The third-order valence-corrected chi connectivity index (χ3v) is 3.55. The molecule has 3 nitrogen and oxygen atoms in total. The molecule has 0 N–H and O–H groups in total. The van der Waals surface area contributed by atoms with Crippen LogP contribution in [-0.2, 0) is 6.54 Å². The molecular formula is C16H25N2OS-. The maximum absolute atomic E-state index is 11.6. The Morgan fingerprint density at radius 3 is 2.25 bits per heavy atom. The van der Waals surface area contributed by atoms with Crippen molar-refractivity contribution in [3.63, 3.8) is 0 Å². The highest BCUT2D eigenvalue weighted by molar-refractivity contribution is 7.80. The first-order valence-electron chi connectivity index (χ1n) is 7.53. The number of thiol groups is 1. The molecule has 0 bridgehead atoms. The maximum Gasteiger partial charge on any atom is 0.0629 e. The fourth-order valence-corrected chi connectivity index (χ4v) is 2.24. The largest absolute Gasteiger partial charge is 0.862 e. The molecule has 0 amide bonds. The molecule has 0 aliphatic carbocycles. The van der Waals surface area contributed by atoms with E-state index in [0.29, 0.717) is 13.0 Å². The van der Waals surface area contributed by atoms with Crippen molar-refractivity contribution in [3.8, 4) is 0 Å². The number of hydrogen-bond donors (Lipinski definition) is 1. The average molecular weight is 293 g/mol. The van der Waals surface area contributed by atoms with Crippen molar-refractivity contribution in [1.29, 1.82) is 0 Å². The van der Waals surface area contributed by atoms with Gasteiger partial charge in [0.15, 0.2) is 0 Å². The lowest BCUT2D eigenvalue weighted by atomic mass is 10.1. The molecule has 0 saturated heterocycles. The van der Waals surface area contributed by atoms with E-state index in [4.69, 9.17) is 0 Å². The van der Waals surface area contributed by atoms with Crippen molar-refractivity contribution in [3.05, 3.63) is 30.1 Å². The summed E-state index contributed by atoms with van der Waals surface area (Å²) in [6.45, 7) is 0.477. The highest BCUT2D eigenvalue weighted by Crippen LogP contribution is 2.09. The first-order chi connectivity index (χ1) is 9.83. The number of hydrogen-bond acceptors (Lipinski definition) is 4. The topological polar surface area (TPSA) is 48.3 Å². The van der Waals surface area contributed by atoms with Crippen molar-refractivity contribution in [2.75, 3.05) is 5.75 Å². The van der Waals surface area contributed by atoms with Gasteiger partial charge in [0.25, 0.3) is 0 Å². The van der Waals surface area contributed by atoms with Crippen LogP contribution in [0.1, 0.15) is 56.9 Å². The van der Waals surface area contributed by atoms with E-state index in [1.165, 1.54) is 32.1 Å². The van der Waals surface area contributed by atoms with Crippen LogP contribution in [0.5, 0.6) is 0 Å². The van der Waals surface area contributed by atoms with Gasteiger partial charge in [-0.15, -0.1) is 0 Å². The summed E-state index contributed by atoms with van der Waals surface area (Å²) >= 11 is 4.20. The summed E-state index contributed by atoms with van der Waals surface area (Å²) in [5, 5.41) is 11.6. The molecule has 0 radical (unpaired) electrons. The quantitative estimate of drug-likeness (QED) is 0.294. The lowest BCUT2D eigenvalue weighted by molar-refractivity contribution is -0.219. The van der Waals surface area contributed by atoms with Gasteiger partial charge in [-0.05, 0) is 48.6 Å². The second-order valence-electron chi connectivity index (χ2n) is 5.01. The Morgan fingerprint density at radius 2 is 1.60 bits per heavy atom. The highest BCUT2D eigenvalue weighted by atomic mass is 32.1. The van der Waals surface area contributed by atoms with Crippen LogP contribution in [0, 0.1) is 0 Å². The molecule has 1 aromatic heterocycles. The molecule has 112 valence electrons. The molecule has 0 atom stereocenters. The van der Waals surface area contributed by atoms with Gasteiger partial charge in [-0.25, -0.2) is 0 Å². The summed E-state index contributed by atoms with van der Waals surface area (Å²) in [6, 6.07) is 3.78. The first-order valence-corrected chi connectivity index (χ1v) is 8.16. The van der Waals surface area contributed by atoms with E-state index in [2.05, 4.69) is 22.6 Å². The third-order valence-electron chi connectivity index (χ3n) is 3.24. The predicted molar refractivity (Wildman–Crippen MR) is 86.2 cm³/mol. The number of rotatable bonds is 11. The van der Waals surface area contributed by atoms with Gasteiger partial charge in [-0.2, -0.15) is 12.6 Å². The molecule has 1 rings (SSSR count). The number of aliphatic imine (C=N–C) groups is 1. The summed E-state index contributed by atoms with van der Waals surface area (Å²) in [5.41, 5.74) is 1.04. The van der Waals surface area contributed by atoms with Crippen LogP contribution in [0.4, 0.5) is 0 Å². The van der Waals surface area contributed by atoms with Gasteiger partial charge in [0, 0.05) is 12.4 Å². The number of pyridine rings is 1. The maximum atomic E-state index is 11.6. The lowest BCUT2D eigenvalue weighted by Crippen LogP contribution is -2.17. The van der Waals surface area contributed by atoms with Gasteiger partial charge in [0.1, 0.15) is 0 Å². The van der Waals surface area contributed by atoms with E-state index in [9.17, 15) is 5.11 Å². The summed E-state index contributed by atoms with van der Waals surface area (Å²) in [7, 11) is 0. The molecule has 0 aliphatic rings. The number of aromatic nitrogens is 1. The minimum Gasteiger partial charge on any atom is -0.862 e. The van der Waals surface area contributed by atoms with Crippen LogP contribution in [0.3, 0.4) is 0 Å². The fourth-order valence-electron chi connectivity index (χ4n) is 2.02. The van der Waals surface area contributed by atoms with Crippen molar-refractivity contribution in [1.82, 2.24) is 4.98 Å². The zero-order valence-corrected chi connectivity index (χ0v) is 13.0. The van der Waals surface area contributed by atoms with Crippen molar-refractivity contribution >= 4 is 18.5 Å². The Balaban J connectivity index is 2.01. The van der Waals surface area contributed by atoms with Crippen LogP contribution in [0.2, 0.25) is 0 Å². The van der Waals surface area contributed by atoms with E-state index in [1.807, 2.05) is 12.1 Å². The van der Waals surface area contributed by atoms with Crippen LogP contribution in [0.25, 0.3) is 0 Å². The second kappa shape index (κ2) is 11.8. The first kappa shape index (κ1) is 17.0. The fraction of sp³-hybridized carbons (Fsp3) is 0.625. The van der Waals surface area contributed by atoms with E-state index in [1.54, 1.807) is 12.4 Å². The molecule has 0 saturated carbocycles. The van der Waals surface area contributed by atoms with E-state index >= 15 is 0 Å². The zero-order valence-electron chi connectivity index (χ0n) is 12.1. The molecule has 1 heterocycles. The van der Waals surface area contributed by atoms with E-state index in [-0.39, 0.29) is 5.90 Å². The Labute approximate surface area is 128 Å². The Hall–Kier alpha value is -1.03. The van der Waals surface area contributed by atoms with Gasteiger partial charge in [0.05, 0.1) is 6.54 Å². The monoisotopic (exact) mass is 293 g/mol. The highest BCUT2D eigenvalue weighted by Gasteiger charge is 1.93. The Bertz CT molecular complexity index is 368. The van der Waals surface area contributed by atoms with Crippen LogP contribution >= 0.6 is 12.6 Å². The van der Waals surface area contributed by atoms with Gasteiger partial charge < -0.3 is 10.1 Å². The van der Waals surface area contributed by atoms with Crippen molar-refractivity contribution in [2.45, 2.75) is 57.9 Å². The minimum absolute atomic E-state index is 0.0249.